The van der Waals surface area contributed by atoms with Gasteiger partial charge >= 0.3 is 0 Å². The first-order valence-electron chi connectivity index (χ1n) is 6.88. The lowest BCUT2D eigenvalue weighted by Crippen LogP contribution is -2.24. The standard InChI is InChI=1S/C17H14N4O2/c18-17(19)21-16(23)13-9-15(10-4-2-1-3-5-10)20-14-7-6-11(22)8-12(13)14/h1-9,22H,(H4,18,19,21,23). The predicted molar refractivity (Wildman–Crippen MR) is 89.0 cm³/mol. The van der Waals surface area contributed by atoms with Gasteiger partial charge in [-0.1, -0.05) is 30.3 Å². The van der Waals surface area contributed by atoms with Crippen molar-refractivity contribution in [2.24, 2.45) is 16.5 Å². The number of carbonyl (C=O) groups excluding carboxylic acids is 1. The molecule has 0 unspecified atom stereocenters. The Morgan fingerprint density at radius 3 is 2.48 bits per heavy atom. The van der Waals surface area contributed by atoms with Crippen LogP contribution in [0.1, 0.15) is 10.4 Å². The third-order valence-electron chi connectivity index (χ3n) is 3.32. The van der Waals surface area contributed by atoms with E-state index in [-0.39, 0.29) is 17.3 Å². The van der Waals surface area contributed by atoms with Crippen LogP contribution in [0.3, 0.4) is 0 Å². The van der Waals surface area contributed by atoms with Crippen molar-refractivity contribution in [3.8, 4) is 17.0 Å². The Balaban J connectivity index is 2.28. The molecule has 0 saturated heterocycles. The number of rotatable bonds is 2. The average molecular weight is 306 g/mol. The summed E-state index contributed by atoms with van der Waals surface area (Å²) in [6.45, 7) is 0. The largest absolute Gasteiger partial charge is 0.508 e. The molecule has 1 heterocycles. The fourth-order valence-electron chi connectivity index (χ4n) is 2.32. The summed E-state index contributed by atoms with van der Waals surface area (Å²) in [5.41, 5.74) is 12.9. The monoisotopic (exact) mass is 306 g/mol. The van der Waals surface area contributed by atoms with E-state index in [0.29, 0.717) is 16.6 Å². The Hall–Kier alpha value is -3.41. The lowest BCUT2D eigenvalue weighted by Gasteiger charge is -2.08. The Morgan fingerprint density at radius 1 is 1.04 bits per heavy atom. The molecule has 0 saturated carbocycles. The molecule has 0 bridgehead atoms. The second-order valence-corrected chi connectivity index (χ2v) is 4.96. The summed E-state index contributed by atoms with van der Waals surface area (Å²) >= 11 is 0. The van der Waals surface area contributed by atoms with Crippen molar-refractivity contribution in [3.05, 3.63) is 60.2 Å². The van der Waals surface area contributed by atoms with E-state index in [0.717, 1.165) is 5.56 Å². The molecule has 6 heteroatoms. The van der Waals surface area contributed by atoms with Gasteiger partial charge in [-0.05, 0) is 24.3 Å². The van der Waals surface area contributed by atoms with Gasteiger partial charge in [0.2, 0.25) is 0 Å². The van der Waals surface area contributed by atoms with Crippen molar-refractivity contribution in [2.45, 2.75) is 0 Å². The normalized spacial score (nSPS) is 10.4. The van der Waals surface area contributed by atoms with Gasteiger partial charge in [-0.2, -0.15) is 4.99 Å². The number of aromatic hydroxyl groups is 1. The first kappa shape index (κ1) is 14.5. The number of hydrogen-bond acceptors (Lipinski definition) is 3. The number of carbonyl (C=O) groups is 1. The highest BCUT2D eigenvalue weighted by atomic mass is 16.3. The first-order chi connectivity index (χ1) is 11.0. The Morgan fingerprint density at radius 2 is 1.78 bits per heavy atom. The average Bonchev–Trinajstić information content (AvgIpc) is 2.54. The molecule has 0 aliphatic heterocycles. The van der Waals surface area contributed by atoms with E-state index >= 15 is 0 Å². The van der Waals surface area contributed by atoms with Gasteiger partial charge in [0.15, 0.2) is 5.96 Å². The highest BCUT2D eigenvalue weighted by Crippen LogP contribution is 2.27. The van der Waals surface area contributed by atoms with Crippen molar-refractivity contribution in [2.75, 3.05) is 0 Å². The number of phenols is 1. The second-order valence-electron chi connectivity index (χ2n) is 4.96. The quantitative estimate of drug-likeness (QED) is 0.495. The van der Waals surface area contributed by atoms with E-state index in [1.807, 2.05) is 30.3 Å². The van der Waals surface area contributed by atoms with Gasteiger partial charge in [0, 0.05) is 10.9 Å². The van der Waals surface area contributed by atoms with Crippen molar-refractivity contribution < 1.29 is 9.90 Å². The highest BCUT2D eigenvalue weighted by molar-refractivity contribution is 6.11. The first-order valence-corrected chi connectivity index (χ1v) is 6.88. The van der Waals surface area contributed by atoms with Crippen molar-refractivity contribution in [3.63, 3.8) is 0 Å². The van der Waals surface area contributed by atoms with Gasteiger partial charge in [0.1, 0.15) is 5.75 Å². The molecule has 23 heavy (non-hydrogen) atoms. The van der Waals surface area contributed by atoms with Gasteiger partial charge in [0.25, 0.3) is 5.91 Å². The van der Waals surface area contributed by atoms with E-state index < -0.39 is 5.91 Å². The van der Waals surface area contributed by atoms with Crippen LogP contribution in [0.25, 0.3) is 22.2 Å². The fraction of sp³-hybridized carbons (Fsp3) is 0. The zero-order chi connectivity index (χ0) is 16.4. The van der Waals surface area contributed by atoms with Crippen LogP contribution in [0, 0.1) is 0 Å². The molecule has 1 amide bonds. The number of nitrogens with zero attached hydrogens (tertiary/aromatic N) is 2. The molecule has 3 rings (SSSR count). The van der Waals surface area contributed by atoms with Crippen molar-refractivity contribution in [1.82, 2.24) is 4.98 Å². The maximum absolute atomic E-state index is 12.3. The van der Waals surface area contributed by atoms with Gasteiger partial charge < -0.3 is 16.6 Å². The highest BCUT2D eigenvalue weighted by Gasteiger charge is 2.14. The van der Waals surface area contributed by atoms with E-state index in [4.69, 9.17) is 11.5 Å². The molecular weight excluding hydrogens is 292 g/mol. The molecule has 0 spiro atoms. The summed E-state index contributed by atoms with van der Waals surface area (Å²) in [7, 11) is 0. The summed E-state index contributed by atoms with van der Waals surface area (Å²) in [5.74, 6) is -0.868. The smallest absolute Gasteiger partial charge is 0.280 e. The number of guanidine groups is 1. The van der Waals surface area contributed by atoms with Crippen LogP contribution in [0.5, 0.6) is 5.75 Å². The molecule has 0 aliphatic rings. The Labute approximate surface area is 132 Å². The zero-order valence-electron chi connectivity index (χ0n) is 12.1. The Kier molecular flexibility index (Phi) is 3.64. The number of benzene rings is 2. The van der Waals surface area contributed by atoms with E-state index in [2.05, 4.69) is 9.98 Å². The van der Waals surface area contributed by atoms with Crippen LogP contribution in [-0.2, 0) is 0 Å². The van der Waals surface area contributed by atoms with E-state index in [1.54, 1.807) is 12.1 Å². The van der Waals surface area contributed by atoms with Crippen molar-refractivity contribution >= 4 is 22.8 Å². The molecule has 0 fully saturated rings. The summed E-state index contributed by atoms with van der Waals surface area (Å²) < 4.78 is 0. The van der Waals surface area contributed by atoms with Crippen LogP contribution in [0.4, 0.5) is 0 Å². The van der Waals surface area contributed by atoms with Gasteiger partial charge in [0.05, 0.1) is 16.8 Å². The minimum atomic E-state index is -0.583. The molecule has 3 aromatic rings. The van der Waals surface area contributed by atoms with Gasteiger partial charge in [-0.25, -0.2) is 4.98 Å². The summed E-state index contributed by atoms with van der Waals surface area (Å²) in [6.07, 6.45) is 0. The Bertz CT molecular complexity index is 917. The molecule has 114 valence electrons. The van der Waals surface area contributed by atoms with Crippen LogP contribution in [0.2, 0.25) is 0 Å². The van der Waals surface area contributed by atoms with E-state index in [1.165, 1.54) is 12.1 Å². The van der Waals surface area contributed by atoms with Gasteiger partial charge in [-0.15, -0.1) is 0 Å². The number of fused-ring (bicyclic) bond motifs is 1. The predicted octanol–water partition coefficient (Wildman–Crippen LogP) is 2.02. The maximum Gasteiger partial charge on any atom is 0.280 e. The third-order valence-corrected chi connectivity index (χ3v) is 3.32. The van der Waals surface area contributed by atoms with E-state index in [9.17, 15) is 9.90 Å². The third kappa shape index (κ3) is 2.96. The summed E-state index contributed by atoms with van der Waals surface area (Å²) in [6, 6.07) is 15.7. The van der Waals surface area contributed by atoms with Crippen molar-refractivity contribution in [1.29, 1.82) is 0 Å². The molecular formula is C17H14N4O2. The van der Waals surface area contributed by atoms with Crippen LogP contribution in [-0.4, -0.2) is 22.0 Å². The second kappa shape index (κ2) is 5.76. The SMILES string of the molecule is NC(N)=NC(=O)c1cc(-c2ccccc2)nc2ccc(O)cc12. The molecule has 0 atom stereocenters. The van der Waals surface area contributed by atoms with Crippen LogP contribution < -0.4 is 11.5 Å². The maximum atomic E-state index is 12.3. The number of nitrogens with two attached hydrogens (primary N) is 2. The van der Waals surface area contributed by atoms with Crippen LogP contribution in [0.15, 0.2) is 59.6 Å². The molecule has 0 aliphatic carbocycles. The minimum absolute atomic E-state index is 0.0329. The fourth-order valence-corrected chi connectivity index (χ4v) is 2.32. The number of amides is 1. The summed E-state index contributed by atoms with van der Waals surface area (Å²) in [4.78, 5) is 20.4. The van der Waals surface area contributed by atoms with Gasteiger partial charge in [-0.3, -0.25) is 4.79 Å². The molecule has 6 nitrogen and oxygen atoms in total. The number of aliphatic imine (C=N–C) groups is 1. The number of phenolic OH excluding ortho intramolecular Hbond substituents is 1. The minimum Gasteiger partial charge on any atom is -0.508 e. The molecule has 5 N–H and O–H groups in total. The van der Waals surface area contributed by atoms with Crippen LogP contribution >= 0.6 is 0 Å². The number of pyridine rings is 1. The number of aromatic nitrogens is 1. The molecule has 0 radical (unpaired) electrons. The number of hydrogen-bond donors (Lipinski definition) is 3. The topological polar surface area (TPSA) is 115 Å². The molecule has 1 aromatic heterocycles. The molecule has 2 aromatic carbocycles. The zero-order valence-corrected chi connectivity index (χ0v) is 12.1. The lowest BCUT2D eigenvalue weighted by atomic mass is 10.0. The summed E-state index contributed by atoms with van der Waals surface area (Å²) in [5, 5.41) is 10.2. The lowest BCUT2D eigenvalue weighted by molar-refractivity contribution is 0.100.